The molecule has 1 heterocycles. The van der Waals surface area contributed by atoms with E-state index in [2.05, 4.69) is 32.6 Å². The largest absolute Gasteiger partial charge is 0.393 e. The molecule has 186 valence electrons. The second kappa shape index (κ2) is 9.60. The van der Waals surface area contributed by atoms with Crippen LogP contribution in [0.1, 0.15) is 85.5 Å². The predicted octanol–water partition coefficient (Wildman–Crippen LogP) is 5.33. The lowest BCUT2D eigenvalue weighted by atomic mass is 9.57. The molecule has 4 heteroatoms. The van der Waals surface area contributed by atoms with Gasteiger partial charge in [0.25, 0.3) is 0 Å². The van der Waals surface area contributed by atoms with Gasteiger partial charge in [0.05, 0.1) is 30.5 Å². The van der Waals surface area contributed by atoms with Crippen molar-refractivity contribution in [2.45, 2.75) is 109 Å². The third-order valence-electron chi connectivity index (χ3n) is 9.34. The highest BCUT2D eigenvalue weighted by atomic mass is 16.6. The summed E-state index contributed by atoms with van der Waals surface area (Å²) >= 11 is 0. The second-order valence-corrected chi connectivity index (χ2v) is 12.5. The molecule has 0 radical (unpaired) electrons. The summed E-state index contributed by atoms with van der Waals surface area (Å²) in [4.78, 5) is 0. The van der Waals surface area contributed by atoms with E-state index in [0.29, 0.717) is 42.6 Å². The maximum atomic E-state index is 10.2. The van der Waals surface area contributed by atoms with Crippen molar-refractivity contribution in [2.75, 3.05) is 6.61 Å². The van der Waals surface area contributed by atoms with Crippen molar-refractivity contribution in [1.82, 2.24) is 0 Å². The van der Waals surface area contributed by atoms with E-state index in [9.17, 15) is 15.3 Å². The SMILES string of the molecule is C=C1/C(=C\C=C2/C[C@H]([C@@H]3CO3)C[C@]3(C)[C@@H]([C@H](C)CCCC(C)(C)O)CC[C@@H]23)C[C@@H](O)C[C@@H]1O. The van der Waals surface area contributed by atoms with E-state index in [4.69, 9.17) is 4.74 Å². The van der Waals surface area contributed by atoms with Crippen molar-refractivity contribution in [2.24, 2.45) is 29.1 Å². The number of rotatable bonds is 7. The van der Waals surface area contributed by atoms with E-state index in [1.807, 2.05) is 13.8 Å². The molecule has 33 heavy (non-hydrogen) atoms. The van der Waals surface area contributed by atoms with E-state index >= 15 is 0 Å². The molecule has 0 aromatic heterocycles. The zero-order valence-corrected chi connectivity index (χ0v) is 21.2. The normalized spacial score (nSPS) is 42.6. The predicted molar refractivity (Wildman–Crippen MR) is 133 cm³/mol. The van der Waals surface area contributed by atoms with Crippen LogP contribution in [0.3, 0.4) is 0 Å². The maximum absolute atomic E-state index is 10.2. The monoisotopic (exact) mass is 458 g/mol. The smallest absolute Gasteiger partial charge is 0.0841 e. The van der Waals surface area contributed by atoms with Crippen LogP contribution in [0.5, 0.6) is 0 Å². The van der Waals surface area contributed by atoms with Gasteiger partial charge in [-0.25, -0.2) is 0 Å². The fraction of sp³-hybridized carbons (Fsp3) is 0.793. The van der Waals surface area contributed by atoms with Crippen LogP contribution in [-0.2, 0) is 4.74 Å². The Kier molecular flexibility index (Phi) is 7.32. The van der Waals surface area contributed by atoms with Crippen molar-refractivity contribution in [3.63, 3.8) is 0 Å². The molecule has 0 unspecified atom stereocenters. The highest BCUT2D eigenvalue weighted by Gasteiger charge is 2.54. The third-order valence-corrected chi connectivity index (χ3v) is 9.34. The highest BCUT2D eigenvalue weighted by Crippen LogP contribution is 2.62. The van der Waals surface area contributed by atoms with Crippen LogP contribution >= 0.6 is 0 Å². The first-order valence-electron chi connectivity index (χ1n) is 13.3. The van der Waals surface area contributed by atoms with Gasteiger partial charge < -0.3 is 20.1 Å². The van der Waals surface area contributed by atoms with Crippen molar-refractivity contribution in [1.29, 1.82) is 0 Å². The third kappa shape index (κ3) is 5.66. The summed E-state index contributed by atoms with van der Waals surface area (Å²) < 4.78 is 5.78. The van der Waals surface area contributed by atoms with E-state index in [1.165, 1.54) is 31.3 Å². The van der Waals surface area contributed by atoms with Crippen LogP contribution in [0.2, 0.25) is 0 Å². The molecule has 4 nitrogen and oxygen atoms in total. The number of epoxide rings is 1. The summed E-state index contributed by atoms with van der Waals surface area (Å²) in [7, 11) is 0. The average molecular weight is 459 g/mol. The Hall–Kier alpha value is -0.940. The molecular weight excluding hydrogens is 412 g/mol. The van der Waals surface area contributed by atoms with E-state index < -0.39 is 17.8 Å². The summed E-state index contributed by atoms with van der Waals surface area (Å²) in [5, 5.41) is 30.5. The quantitative estimate of drug-likeness (QED) is 0.451. The summed E-state index contributed by atoms with van der Waals surface area (Å²) in [5.41, 5.74) is 3.01. The van der Waals surface area contributed by atoms with E-state index in [0.717, 1.165) is 37.0 Å². The average Bonchev–Trinajstić information content (AvgIpc) is 3.50. The molecule has 4 fully saturated rings. The van der Waals surface area contributed by atoms with Gasteiger partial charge in [0.2, 0.25) is 0 Å². The highest BCUT2D eigenvalue weighted by molar-refractivity contribution is 5.39. The van der Waals surface area contributed by atoms with Crippen LogP contribution in [0.25, 0.3) is 0 Å². The lowest BCUT2D eigenvalue weighted by Crippen LogP contribution is -2.40. The van der Waals surface area contributed by atoms with Crippen LogP contribution in [0.4, 0.5) is 0 Å². The molecule has 4 rings (SSSR count). The lowest BCUT2D eigenvalue weighted by molar-refractivity contribution is 0.0479. The number of hydrogen-bond acceptors (Lipinski definition) is 4. The number of hydrogen-bond donors (Lipinski definition) is 3. The van der Waals surface area contributed by atoms with Gasteiger partial charge in [-0.3, -0.25) is 0 Å². The molecule has 0 bridgehead atoms. The van der Waals surface area contributed by atoms with Gasteiger partial charge in [-0.05, 0) is 92.6 Å². The van der Waals surface area contributed by atoms with Gasteiger partial charge >= 0.3 is 0 Å². The first-order chi connectivity index (χ1) is 15.5. The minimum atomic E-state index is -0.636. The van der Waals surface area contributed by atoms with Crippen LogP contribution < -0.4 is 0 Å². The molecule has 0 aromatic carbocycles. The Morgan fingerprint density at radius 1 is 1.21 bits per heavy atom. The minimum Gasteiger partial charge on any atom is -0.393 e. The number of fused-ring (bicyclic) bond motifs is 1. The Morgan fingerprint density at radius 3 is 2.61 bits per heavy atom. The van der Waals surface area contributed by atoms with Crippen molar-refractivity contribution >= 4 is 0 Å². The minimum absolute atomic E-state index is 0.288. The van der Waals surface area contributed by atoms with E-state index in [1.54, 1.807) is 0 Å². The van der Waals surface area contributed by atoms with Crippen molar-refractivity contribution < 1.29 is 20.1 Å². The molecule has 4 aliphatic rings. The molecule has 3 aliphatic carbocycles. The standard InChI is InChI=1S/C29H46O4/c1-18(7-6-12-28(3,4)32)24-10-11-25-21(13-22(27-17-33-27)16-29(24,25)5)9-8-20-14-23(30)15-26(31)19(20)2/h8-9,18,22-27,30-32H,2,6-7,10-17H2,1,3-5H3/b20-8-,21-9+/t18-,22+,23-,24-,25+,26+,27+,29-/m1/s1. The molecule has 0 spiro atoms. The number of aliphatic hydroxyl groups is 3. The van der Waals surface area contributed by atoms with Gasteiger partial charge in [0, 0.05) is 6.42 Å². The van der Waals surface area contributed by atoms with E-state index in [-0.39, 0.29) is 5.41 Å². The Balaban J connectivity index is 1.53. The molecule has 8 atom stereocenters. The molecule has 1 aliphatic heterocycles. The first kappa shape index (κ1) is 25.2. The zero-order chi connectivity index (χ0) is 24.0. The zero-order valence-electron chi connectivity index (χ0n) is 21.2. The summed E-state index contributed by atoms with van der Waals surface area (Å²) in [6, 6.07) is 0. The second-order valence-electron chi connectivity index (χ2n) is 12.5. The van der Waals surface area contributed by atoms with Crippen molar-refractivity contribution in [3.05, 3.63) is 35.5 Å². The van der Waals surface area contributed by atoms with Gasteiger partial charge in [-0.2, -0.15) is 0 Å². The molecule has 1 saturated heterocycles. The van der Waals surface area contributed by atoms with Gasteiger partial charge in [-0.15, -0.1) is 0 Å². The summed E-state index contributed by atoms with van der Waals surface area (Å²) in [5.74, 6) is 2.54. The number of allylic oxidation sites excluding steroid dienone is 3. The lowest BCUT2D eigenvalue weighted by Gasteiger charge is -2.47. The fourth-order valence-corrected chi connectivity index (χ4v) is 7.48. The van der Waals surface area contributed by atoms with Crippen LogP contribution in [0.15, 0.2) is 35.5 Å². The Labute approximate surface area is 200 Å². The molecule has 3 N–H and O–H groups in total. The van der Waals surface area contributed by atoms with Gasteiger partial charge in [0.1, 0.15) is 0 Å². The van der Waals surface area contributed by atoms with Gasteiger partial charge in [0.15, 0.2) is 0 Å². The van der Waals surface area contributed by atoms with Crippen LogP contribution in [0, 0.1) is 29.1 Å². The van der Waals surface area contributed by atoms with Gasteiger partial charge in [-0.1, -0.05) is 51.0 Å². The topological polar surface area (TPSA) is 73.2 Å². The first-order valence-corrected chi connectivity index (χ1v) is 13.3. The number of aliphatic hydroxyl groups excluding tert-OH is 2. The molecule has 3 saturated carbocycles. The van der Waals surface area contributed by atoms with Crippen molar-refractivity contribution in [3.8, 4) is 0 Å². The molecular formula is C29H46O4. The maximum Gasteiger partial charge on any atom is 0.0841 e. The molecule has 0 amide bonds. The summed E-state index contributed by atoms with van der Waals surface area (Å²) in [6.07, 6.45) is 12.7. The summed E-state index contributed by atoms with van der Waals surface area (Å²) in [6.45, 7) is 13.8. The molecule has 0 aromatic rings. The van der Waals surface area contributed by atoms with Crippen LogP contribution in [-0.4, -0.2) is 45.8 Å². The Morgan fingerprint density at radius 2 is 1.94 bits per heavy atom. The Bertz CT molecular complexity index is 786. The fourth-order valence-electron chi connectivity index (χ4n) is 7.48. The number of ether oxygens (including phenoxy) is 1.